The summed E-state index contributed by atoms with van der Waals surface area (Å²) in [6, 6.07) is 18.6. The fourth-order valence-electron chi connectivity index (χ4n) is 2.11. The molecule has 4 heteroatoms. The highest BCUT2D eigenvalue weighted by Gasteiger charge is 2.08. The van der Waals surface area contributed by atoms with Crippen LogP contribution in [0, 0.1) is 0 Å². The summed E-state index contributed by atoms with van der Waals surface area (Å²) in [4.78, 5) is 3.98. The number of nitrogens with one attached hydrogen (secondary N) is 1. The zero-order valence-corrected chi connectivity index (χ0v) is 11.1. The van der Waals surface area contributed by atoms with E-state index in [0.717, 1.165) is 17.0 Å². The van der Waals surface area contributed by atoms with Crippen molar-refractivity contribution >= 4 is 6.21 Å². The Balaban J connectivity index is 1.95. The first-order valence-corrected chi connectivity index (χ1v) is 6.37. The maximum absolute atomic E-state index is 4.18. The van der Waals surface area contributed by atoms with Crippen LogP contribution in [0.25, 0.3) is 22.4 Å². The van der Waals surface area contributed by atoms with Gasteiger partial charge in [-0.25, -0.2) is 0 Å². The summed E-state index contributed by atoms with van der Waals surface area (Å²) in [7, 11) is 1.72. The molecule has 0 bridgehead atoms. The van der Waals surface area contributed by atoms with Crippen molar-refractivity contribution in [2.24, 2.45) is 4.99 Å². The van der Waals surface area contributed by atoms with E-state index < -0.39 is 0 Å². The van der Waals surface area contributed by atoms with Crippen LogP contribution in [0.1, 0.15) is 5.69 Å². The molecule has 20 heavy (non-hydrogen) atoms. The van der Waals surface area contributed by atoms with Gasteiger partial charge in [-0.1, -0.05) is 54.6 Å². The Morgan fingerprint density at radius 1 is 0.850 bits per heavy atom. The molecule has 3 aromatic rings. The van der Waals surface area contributed by atoms with E-state index in [1.165, 1.54) is 11.1 Å². The summed E-state index contributed by atoms with van der Waals surface area (Å²) in [6.07, 6.45) is 1.70. The highest BCUT2D eigenvalue weighted by atomic mass is 15.3. The molecular formula is C16H14N4. The molecule has 0 amide bonds. The third kappa shape index (κ3) is 2.36. The zero-order chi connectivity index (χ0) is 13.8. The predicted molar refractivity (Wildman–Crippen MR) is 80.8 cm³/mol. The Kier molecular flexibility index (Phi) is 3.37. The molecule has 3 rings (SSSR count). The lowest BCUT2D eigenvalue weighted by Gasteiger charge is -2.03. The Labute approximate surface area is 117 Å². The number of hydrogen-bond donors (Lipinski definition) is 1. The van der Waals surface area contributed by atoms with Gasteiger partial charge in [-0.05, 0) is 11.1 Å². The number of nitrogens with zero attached hydrogens (tertiary/aromatic N) is 3. The largest absolute Gasteiger partial charge is 0.294 e. The smallest absolute Gasteiger partial charge is 0.131 e. The van der Waals surface area contributed by atoms with Gasteiger partial charge in [0.1, 0.15) is 11.4 Å². The van der Waals surface area contributed by atoms with Crippen molar-refractivity contribution in [3.05, 3.63) is 60.3 Å². The molecule has 4 nitrogen and oxygen atoms in total. The maximum atomic E-state index is 4.18. The van der Waals surface area contributed by atoms with Gasteiger partial charge < -0.3 is 0 Å². The van der Waals surface area contributed by atoms with E-state index in [4.69, 9.17) is 0 Å². The van der Waals surface area contributed by atoms with E-state index in [1.807, 2.05) is 30.3 Å². The molecule has 0 saturated heterocycles. The predicted octanol–water partition coefficient (Wildman–Crippen LogP) is 3.19. The van der Waals surface area contributed by atoms with Crippen molar-refractivity contribution in [2.75, 3.05) is 7.05 Å². The highest BCUT2D eigenvalue weighted by molar-refractivity contribution is 5.86. The third-order valence-electron chi connectivity index (χ3n) is 3.09. The summed E-state index contributed by atoms with van der Waals surface area (Å²) in [5.74, 6) is 0. The van der Waals surface area contributed by atoms with Crippen LogP contribution in [0.5, 0.6) is 0 Å². The number of aromatic amines is 1. The SMILES string of the molecule is CN=Cc1n[nH]nc1-c1ccc(-c2ccccc2)cc1. The van der Waals surface area contributed by atoms with Crippen molar-refractivity contribution in [3.8, 4) is 22.4 Å². The Hall–Kier alpha value is -2.75. The fraction of sp³-hybridized carbons (Fsp3) is 0.0625. The van der Waals surface area contributed by atoms with Gasteiger partial charge in [0.15, 0.2) is 0 Å². The van der Waals surface area contributed by atoms with Crippen molar-refractivity contribution in [1.29, 1.82) is 0 Å². The van der Waals surface area contributed by atoms with Crippen molar-refractivity contribution in [2.45, 2.75) is 0 Å². The first-order valence-electron chi connectivity index (χ1n) is 6.37. The molecule has 0 unspecified atom stereocenters. The molecule has 0 atom stereocenters. The Bertz CT molecular complexity index is 712. The maximum Gasteiger partial charge on any atom is 0.131 e. The van der Waals surface area contributed by atoms with Crippen LogP contribution >= 0.6 is 0 Å². The molecule has 0 fully saturated rings. The van der Waals surface area contributed by atoms with Gasteiger partial charge in [-0.15, -0.1) is 0 Å². The van der Waals surface area contributed by atoms with E-state index in [-0.39, 0.29) is 0 Å². The summed E-state index contributed by atoms with van der Waals surface area (Å²) in [5.41, 5.74) is 4.97. The Morgan fingerprint density at radius 3 is 2.20 bits per heavy atom. The minimum atomic E-state index is 0.750. The summed E-state index contributed by atoms with van der Waals surface area (Å²) in [6.45, 7) is 0. The van der Waals surface area contributed by atoms with Gasteiger partial charge in [0, 0.05) is 12.6 Å². The normalized spacial score (nSPS) is 11.1. The van der Waals surface area contributed by atoms with Gasteiger partial charge in [0.05, 0.1) is 6.21 Å². The van der Waals surface area contributed by atoms with Crippen LogP contribution in [0.2, 0.25) is 0 Å². The standard InChI is InChI=1S/C16H14N4/c1-17-11-15-16(19-20-18-15)14-9-7-13(8-10-14)12-5-3-2-4-6-12/h2-11H,1H3,(H,18,19,20). The zero-order valence-electron chi connectivity index (χ0n) is 11.1. The van der Waals surface area contributed by atoms with E-state index in [2.05, 4.69) is 44.7 Å². The number of benzene rings is 2. The van der Waals surface area contributed by atoms with Gasteiger partial charge in [-0.3, -0.25) is 4.99 Å². The molecule has 0 aliphatic heterocycles. The second-order valence-corrected chi connectivity index (χ2v) is 4.39. The minimum Gasteiger partial charge on any atom is -0.294 e. The van der Waals surface area contributed by atoms with Crippen molar-refractivity contribution < 1.29 is 0 Å². The number of aromatic nitrogens is 3. The van der Waals surface area contributed by atoms with E-state index in [0.29, 0.717) is 0 Å². The van der Waals surface area contributed by atoms with Gasteiger partial charge in [0.25, 0.3) is 0 Å². The Morgan fingerprint density at radius 2 is 1.50 bits per heavy atom. The van der Waals surface area contributed by atoms with Crippen LogP contribution in [0.15, 0.2) is 59.6 Å². The minimum absolute atomic E-state index is 0.750. The quantitative estimate of drug-likeness (QED) is 0.737. The van der Waals surface area contributed by atoms with Crippen molar-refractivity contribution in [1.82, 2.24) is 15.4 Å². The van der Waals surface area contributed by atoms with Crippen LogP contribution in [-0.4, -0.2) is 28.7 Å². The fourth-order valence-corrected chi connectivity index (χ4v) is 2.11. The van der Waals surface area contributed by atoms with Gasteiger partial charge in [-0.2, -0.15) is 15.4 Å². The molecule has 0 spiro atoms. The lowest BCUT2D eigenvalue weighted by molar-refractivity contribution is 0.940. The van der Waals surface area contributed by atoms with E-state index in [9.17, 15) is 0 Å². The molecule has 1 N–H and O–H groups in total. The molecule has 0 aliphatic rings. The summed E-state index contributed by atoms with van der Waals surface area (Å²) in [5, 5.41) is 10.9. The summed E-state index contributed by atoms with van der Waals surface area (Å²) < 4.78 is 0. The molecule has 1 heterocycles. The van der Waals surface area contributed by atoms with Gasteiger partial charge in [0.2, 0.25) is 0 Å². The number of aliphatic imine (C=N–C) groups is 1. The molecule has 0 radical (unpaired) electrons. The molecule has 2 aromatic carbocycles. The number of hydrogen-bond acceptors (Lipinski definition) is 3. The molecule has 98 valence electrons. The summed E-state index contributed by atoms with van der Waals surface area (Å²) >= 11 is 0. The first-order chi connectivity index (χ1) is 9.88. The monoisotopic (exact) mass is 262 g/mol. The number of H-pyrrole nitrogens is 1. The topological polar surface area (TPSA) is 53.9 Å². The van der Waals surface area contributed by atoms with Crippen LogP contribution in [-0.2, 0) is 0 Å². The first kappa shape index (κ1) is 12.3. The van der Waals surface area contributed by atoms with Crippen LogP contribution in [0.4, 0.5) is 0 Å². The van der Waals surface area contributed by atoms with E-state index >= 15 is 0 Å². The van der Waals surface area contributed by atoms with Crippen LogP contribution in [0.3, 0.4) is 0 Å². The average Bonchev–Trinajstić information content (AvgIpc) is 2.97. The van der Waals surface area contributed by atoms with Crippen molar-refractivity contribution in [3.63, 3.8) is 0 Å². The van der Waals surface area contributed by atoms with E-state index in [1.54, 1.807) is 13.3 Å². The molecular weight excluding hydrogens is 248 g/mol. The molecule has 0 aliphatic carbocycles. The van der Waals surface area contributed by atoms with Gasteiger partial charge >= 0.3 is 0 Å². The van der Waals surface area contributed by atoms with Crippen LogP contribution < -0.4 is 0 Å². The highest BCUT2D eigenvalue weighted by Crippen LogP contribution is 2.24. The number of rotatable bonds is 3. The molecule has 0 saturated carbocycles. The second kappa shape index (κ2) is 5.48. The second-order valence-electron chi connectivity index (χ2n) is 4.39. The third-order valence-corrected chi connectivity index (χ3v) is 3.09. The lowest BCUT2D eigenvalue weighted by Crippen LogP contribution is -1.87. The average molecular weight is 262 g/mol. The molecule has 1 aromatic heterocycles. The lowest BCUT2D eigenvalue weighted by atomic mass is 10.0.